The van der Waals surface area contributed by atoms with Crippen LogP contribution >= 0.6 is 0 Å². The zero-order valence-corrected chi connectivity index (χ0v) is 19.3. The van der Waals surface area contributed by atoms with Crippen molar-refractivity contribution >= 4 is 39.3 Å². The Hall–Kier alpha value is -4.60. The maximum Gasteiger partial charge on any atom is 0.267 e. The standard InChI is InChI=1S/C25H24N8O2/c1-31-13-17(35-21-9-8-15(26)10-20(21)31)14-32(2)25-27-11-18-22-19(12-28-30-22)24(34)33(23(18)29-25)16-6-4-3-5-7-16/h3-12,17H,13-14,26H2,1-2H3,(H,28,30). The Morgan fingerprint density at radius 2 is 2.00 bits per heavy atom. The predicted octanol–water partition coefficient (Wildman–Crippen LogP) is 2.57. The number of H-pyrrole nitrogens is 1. The van der Waals surface area contributed by atoms with E-state index in [0.717, 1.165) is 22.5 Å². The average molecular weight is 469 g/mol. The van der Waals surface area contributed by atoms with Crippen molar-refractivity contribution in [3.05, 3.63) is 71.3 Å². The molecule has 5 aromatic rings. The number of hydrogen-bond acceptors (Lipinski definition) is 8. The third-order valence-electron chi connectivity index (χ3n) is 6.31. The van der Waals surface area contributed by atoms with Crippen molar-refractivity contribution < 1.29 is 4.74 Å². The predicted molar refractivity (Wildman–Crippen MR) is 137 cm³/mol. The molecule has 0 amide bonds. The second kappa shape index (κ2) is 8.01. The van der Waals surface area contributed by atoms with Gasteiger partial charge in [-0.05, 0) is 30.3 Å². The van der Waals surface area contributed by atoms with Gasteiger partial charge >= 0.3 is 0 Å². The second-order valence-electron chi connectivity index (χ2n) is 8.77. The van der Waals surface area contributed by atoms with Crippen molar-refractivity contribution in [2.75, 3.05) is 42.7 Å². The summed E-state index contributed by atoms with van der Waals surface area (Å²) in [7, 11) is 3.94. The van der Waals surface area contributed by atoms with Crippen LogP contribution in [0.5, 0.6) is 5.75 Å². The first-order valence-electron chi connectivity index (χ1n) is 11.3. The summed E-state index contributed by atoms with van der Waals surface area (Å²) in [6.45, 7) is 1.25. The van der Waals surface area contributed by atoms with E-state index in [4.69, 9.17) is 15.5 Å². The number of ether oxygens (including phenoxy) is 1. The fourth-order valence-electron chi connectivity index (χ4n) is 4.62. The second-order valence-corrected chi connectivity index (χ2v) is 8.77. The van der Waals surface area contributed by atoms with Crippen molar-refractivity contribution in [3.8, 4) is 11.4 Å². The number of pyridine rings is 1. The molecule has 0 aliphatic carbocycles. The highest BCUT2D eigenvalue weighted by Crippen LogP contribution is 2.34. The molecule has 1 aliphatic rings. The first kappa shape index (κ1) is 21.0. The molecule has 10 nitrogen and oxygen atoms in total. The number of hydrogen-bond donors (Lipinski definition) is 2. The number of aromatic nitrogens is 5. The van der Waals surface area contributed by atoms with Gasteiger partial charge in [-0.3, -0.25) is 14.5 Å². The van der Waals surface area contributed by atoms with Gasteiger partial charge in [0.15, 0.2) is 5.65 Å². The summed E-state index contributed by atoms with van der Waals surface area (Å²) >= 11 is 0. The molecule has 1 unspecified atom stereocenters. The molecule has 4 heterocycles. The summed E-state index contributed by atoms with van der Waals surface area (Å²) in [6.07, 6.45) is 3.17. The summed E-state index contributed by atoms with van der Waals surface area (Å²) in [5.41, 5.74) is 9.29. The number of rotatable bonds is 4. The smallest absolute Gasteiger partial charge is 0.267 e. The maximum atomic E-state index is 13.4. The number of nitrogens with zero attached hydrogens (tertiary/aromatic N) is 6. The van der Waals surface area contributed by atoms with E-state index in [1.54, 1.807) is 17.0 Å². The molecule has 0 radical (unpaired) electrons. The van der Waals surface area contributed by atoms with E-state index in [9.17, 15) is 4.79 Å². The number of nitrogens with one attached hydrogen (secondary N) is 1. The van der Waals surface area contributed by atoms with E-state index in [2.05, 4.69) is 20.1 Å². The van der Waals surface area contributed by atoms with Gasteiger partial charge in [0.25, 0.3) is 5.56 Å². The summed E-state index contributed by atoms with van der Waals surface area (Å²) in [5.74, 6) is 1.29. The molecule has 0 saturated heterocycles. The van der Waals surface area contributed by atoms with E-state index in [0.29, 0.717) is 41.3 Å². The Morgan fingerprint density at radius 1 is 1.17 bits per heavy atom. The van der Waals surface area contributed by atoms with Crippen LogP contribution in [-0.2, 0) is 0 Å². The van der Waals surface area contributed by atoms with Gasteiger partial charge in [0.2, 0.25) is 5.95 Å². The van der Waals surface area contributed by atoms with Gasteiger partial charge in [-0.2, -0.15) is 10.1 Å². The normalized spacial score (nSPS) is 15.3. The molecule has 2 aromatic carbocycles. The van der Waals surface area contributed by atoms with Gasteiger partial charge in [-0.15, -0.1) is 0 Å². The molecular weight excluding hydrogens is 444 g/mol. The topological polar surface area (TPSA) is 118 Å². The van der Waals surface area contributed by atoms with Gasteiger partial charge in [-0.1, -0.05) is 18.2 Å². The number of fused-ring (bicyclic) bond motifs is 4. The SMILES string of the molecule is CN(CC1CN(C)c2cc(N)ccc2O1)c1ncc2c3[nH]ncc3c(=O)n(-c3ccccc3)c2n1. The summed E-state index contributed by atoms with van der Waals surface area (Å²) in [4.78, 5) is 26.9. The highest BCUT2D eigenvalue weighted by Gasteiger charge is 2.26. The number of para-hydroxylation sites is 1. The molecule has 1 aliphatic heterocycles. The van der Waals surface area contributed by atoms with Crippen LogP contribution in [0.2, 0.25) is 0 Å². The number of likely N-dealkylation sites (N-methyl/N-ethyl adjacent to an activating group) is 2. The Bertz CT molecular complexity index is 1610. The summed E-state index contributed by atoms with van der Waals surface area (Å²) in [5, 5.41) is 8.21. The van der Waals surface area contributed by atoms with Crippen LogP contribution in [0.25, 0.3) is 27.6 Å². The van der Waals surface area contributed by atoms with E-state index < -0.39 is 0 Å². The Morgan fingerprint density at radius 3 is 2.83 bits per heavy atom. The van der Waals surface area contributed by atoms with Crippen molar-refractivity contribution in [2.24, 2.45) is 0 Å². The van der Waals surface area contributed by atoms with Gasteiger partial charge in [0, 0.05) is 26.0 Å². The minimum absolute atomic E-state index is 0.105. The molecule has 1 atom stereocenters. The lowest BCUT2D eigenvalue weighted by Crippen LogP contribution is -2.44. The highest BCUT2D eigenvalue weighted by atomic mass is 16.5. The van der Waals surface area contributed by atoms with E-state index in [1.165, 1.54) is 0 Å². The van der Waals surface area contributed by atoms with Crippen LogP contribution in [-0.4, -0.2) is 58.0 Å². The minimum atomic E-state index is -0.187. The molecule has 0 bridgehead atoms. The van der Waals surface area contributed by atoms with Gasteiger partial charge in [-0.25, -0.2) is 4.98 Å². The largest absolute Gasteiger partial charge is 0.485 e. The zero-order valence-electron chi connectivity index (χ0n) is 19.3. The lowest BCUT2D eigenvalue weighted by molar-refractivity contribution is 0.201. The zero-order chi connectivity index (χ0) is 24.1. The van der Waals surface area contributed by atoms with Gasteiger partial charge in [0.05, 0.1) is 47.0 Å². The molecule has 6 rings (SSSR count). The molecule has 10 heteroatoms. The Balaban J connectivity index is 1.39. The summed E-state index contributed by atoms with van der Waals surface area (Å²) < 4.78 is 7.84. The summed E-state index contributed by atoms with van der Waals surface area (Å²) in [6, 6.07) is 15.1. The Kier molecular flexibility index (Phi) is 4.80. The fourth-order valence-corrected chi connectivity index (χ4v) is 4.62. The van der Waals surface area contributed by atoms with Crippen LogP contribution in [0.1, 0.15) is 0 Å². The number of nitrogens with two attached hydrogens (primary N) is 1. The molecule has 3 aromatic heterocycles. The quantitative estimate of drug-likeness (QED) is 0.387. The number of aromatic amines is 1. The first-order valence-corrected chi connectivity index (χ1v) is 11.3. The van der Waals surface area contributed by atoms with E-state index in [-0.39, 0.29) is 11.7 Å². The maximum absolute atomic E-state index is 13.4. The van der Waals surface area contributed by atoms with Gasteiger partial charge < -0.3 is 20.3 Å². The monoisotopic (exact) mass is 468 g/mol. The third-order valence-corrected chi connectivity index (χ3v) is 6.31. The van der Waals surface area contributed by atoms with Crippen LogP contribution in [0, 0.1) is 0 Å². The van der Waals surface area contributed by atoms with Gasteiger partial charge in [0.1, 0.15) is 11.9 Å². The van der Waals surface area contributed by atoms with E-state index in [1.807, 2.05) is 67.5 Å². The molecule has 0 fully saturated rings. The van der Waals surface area contributed by atoms with Crippen LogP contribution < -0.4 is 25.8 Å². The van der Waals surface area contributed by atoms with Crippen molar-refractivity contribution in [3.63, 3.8) is 0 Å². The molecule has 35 heavy (non-hydrogen) atoms. The van der Waals surface area contributed by atoms with Crippen molar-refractivity contribution in [2.45, 2.75) is 6.10 Å². The minimum Gasteiger partial charge on any atom is -0.485 e. The number of benzene rings is 2. The van der Waals surface area contributed by atoms with E-state index >= 15 is 0 Å². The number of nitrogen functional groups attached to an aromatic ring is 1. The number of anilines is 3. The lowest BCUT2D eigenvalue weighted by atomic mass is 10.2. The molecule has 0 saturated carbocycles. The molecule has 176 valence electrons. The average Bonchev–Trinajstić information content (AvgIpc) is 3.36. The fraction of sp³-hybridized carbons (Fsp3) is 0.200. The third kappa shape index (κ3) is 3.50. The first-order chi connectivity index (χ1) is 17.0. The molecule has 3 N–H and O–H groups in total. The Labute approximate surface area is 200 Å². The lowest BCUT2D eigenvalue weighted by Gasteiger charge is -2.35. The van der Waals surface area contributed by atoms with Crippen molar-refractivity contribution in [1.29, 1.82) is 0 Å². The van der Waals surface area contributed by atoms with Crippen LogP contribution in [0.15, 0.2) is 65.7 Å². The molecular formula is C25H24N8O2. The van der Waals surface area contributed by atoms with Crippen LogP contribution in [0.3, 0.4) is 0 Å². The highest BCUT2D eigenvalue weighted by molar-refractivity contribution is 6.02. The van der Waals surface area contributed by atoms with Crippen molar-refractivity contribution in [1.82, 2.24) is 24.7 Å². The molecule has 0 spiro atoms. The van der Waals surface area contributed by atoms with Crippen LogP contribution in [0.4, 0.5) is 17.3 Å².